The van der Waals surface area contributed by atoms with Gasteiger partial charge in [-0.05, 0) is 36.4 Å². The highest BCUT2D eigenvalue weighted by Gasteiger charge is 2.12. The SMILES string of the molecule is COc1cc(OC)cc(C(=O)Oc2ccc(C#N)cc2)c1. The molecule has 2 rings (SSSR count). The fourth-order valence-electron chi connectivity index (χ4n) is 1.69. The van der Waals surface area contributed by atoms with Gasteiger partial charge in [0.15, 0.2) is 0 Å². The van der Waals surface area contributed by atoms with Crippen LogP contribution in [0.4, 0.5) is 0 Å². The second kappa shape index (κ2) is 6.44. The first-order chi connectivity index (χ1) is 10.2. The fraction of sp³-hybridized carbons (Fsp3) is 0.125. The van der Waals surface area contributed by atoms with Crippen LogP contribution < -0.4 is 14.2 Å². The summed E-state index contributed by atoms with van der Waals surface area (Å²) in [4.78, 5) is 12.1. The fourth-order valence-corrected chi connectivity index (χ4v) is 1.69. The van der Waals surface area contributed by atoms with Crippen molar-refractivity contribution in [3.05, 3.63) is 53.6 Å². The molecule has 0 radical (unpaired) electrons. The zero-order valence-electron chi connectivity index (χ0n) is 11.6. The normalized spacial score (nSPS) is 9.57. The van der Waals surface area contributed by atoms with E-state index in [-0.39, 0.29) is 0 Å². The van der Waals surface area contributed by atoms with Gasteiger partial charge in [-0.1, -0.05) is 0 Å². The van der Waals surface area contributed by atoms with Gasteiger partial charge in [-0.2, -0.15) is 5.26 Å². The van der Waals surface area contributed by atoms with E-state index in [0.29, 0.717) is 28.4 Å². The molecule has 21 heavy (non-hydrogen) atoms. The molecule has 0 amide bonds. The maximum atomic E-state index is 12.1. The van der Waals surface area contributed by atoms with E-state index >= 15 is 0 Å². The van der Waals surface area contributed by atoms with Crippen LogP contribution in [0.25, 0.3) is 0 Å². The quantitative estimate of drug-likeness (QED) is 0.637. The molecule has 0 N–H and O–H groups in total. The number of ether oxygens (including phenoxy) is 3. The van der Waals surface area contributed by atoms with E-state index in [9.17, 15) is 4.79 Å². The van der Waals surface area contributed by atoms with Crippen molar-refractivity contribution in [1.82, 2.24) is 0 Å². The lowest BCUT2D eigenvalue weighted by Crippen LogP contribution is -2.09. The van der Waals surface area contributed by atoms with Crippen LogP contribution in [0.15, 0.2) is 42.5 Å². The molecule has 0 bridgehead atoms. The first kappa shape index (κ1) is 14.4. The van der Waals surface area contributed by atoms with E-state index in [1.165, 1.54) is 14.2 Å². The first-order valence-electron chi connectivity index (χ1n) is 6.11. The molecule has 0 aliphatic heterocycles. The van der Waals surface area contributed by atoms with E-state index in [1.54, 1.807) is 42.5 Å². The van der Waals surface area contributed by atoms with Crippen molar-refractivity contribution in [2.75, 3.05) is 14.2 Å². The zero-order valence-corrected chi connectivity index (χ0v) is 11.6. The van der Waals surface area contributed by atoms with Gasteiger partial charge in [-0.25, -0.2) is 4.79 Å². The van der Waals surface area contributed by atoms with Crippen LogP contribution >= 0.6 is 0 Å². The maximum Gasteiger partial charge on any atom is 0.343 e. The highest BCUT2D eigenvalue weighted by Crippen LogP contribution is 2.23. The Morgan fingerprint density at radius 3 is 2.00 bits per heavy atom. The smallest absolute Gasteiger partial charge is 0.343 e. The van der Waals surface area contributed by atoms with Gasteiger partial charge < -0.3 is 14.2 Å². The van der Waals surface area contributed by atoms with Gasteiger partial charge in [0, 0.05) is 6.07 Å². The highest BCUT2D eigenvalue weighted by molar-refractivity contribution is 5.92. The van der Waals surface area contributed by atoms with E-state index in [2.05, 4.69) is 0 Å². The summed E-state index contributed by atoms with van der Waals surface area (Å²) >= 11 is 0. The molecule has 0 unspecified atom stereocenters. The summed E-state index contributed by atoms with van der Waals surface area (Å²) in [5, 5.41) is 8.72. The predicted octanol–water partition coefficient (Wildman–Crippen LogP) is 2.79. The van der Waals surface area contributed by atoms with E-state index in [0.717, 1.165) is 0 Å². The summed E-state index contributed by atoms with van der Waals surface area (Å²) in [7, 11) is 3.01. The third kappa shape index (κ3) is 3.51. The van der Waals surface area contributed by atoms with Gasteiger partial charge in [-0.3, -0.25) is 0 Å². The molecular formula is C16H13NO4. The number of hydrogen-bond donors (Lipinski definition) is 0. The van der Waals surface area contributed by atoms with E-state index in [4.69, 9.17) is 19.5 Å². The topological polar surface area (TPSA) is 68.6 Å². The van der Waals surface area contributed by atoms with Gasteiger partial charge >= 0.3 is 5.97 Å². The van der Waals surface area contributed by atoms with Crippen molar-refractivity contribution >= 4 is 5.97 Å². The van der Waals surface area contributed by atoms with Gasteiger partial charge in [-0.15, -0.1) is 0 Å². The summed E-state index contributed by atoms with van der Waals surface area (Å²) in [6.07, 6.45) is 0. The standard InChI is InChI=1S/C16H13NO4/c1-19-14-7-12(8-15(9-14)20-2)16(18)21-13-5-3-11(10-17)4-6-13/h3-9H,1-2H3. The molecule has 0 heterocycles. The minimum atomic E-state index is -0.531. The lowest BCUT2D eigenvalue weighted by atomic mass is 10.2. The number of carbonyl (C=O) groups excluding carboxylic acids is 1. The third-order valence-electron chi connectivity index (χ3n) is 2.78. The average molecular weight is 283 g/mol. The molecule has 5 heteroatoms. The van der Waals surface area contributed by atoms with Crippen LogP contribution in [0.2, 0.25) is 0 Å². The molecule has 106 valence electrons. The van der Waals surface area contributed by atoms with E-state index < -0.39 is 5.97 Å². The Balaban J connectivity index is 2.21. The van der Waals surface area contributed by atoms with Crippen LogP contribution in [-0.4, -0.2) is 20.2 Å². The Labute approximate surface area is 122 Å². The lowest BCUT2D eigenvalue weighted by molar-refractivity contribution is 0.0734. The number of benzene rings is 2. The van der Waals surface area contributed by atoms with Crippen LogP contribution in [0.3, 0.4) is 0 Å². The van der Waals surface area contributed by atoms with Crippen LogP contribution in [0.5, 0.6) is 17.2 Å². The number of esters is 1. The predicted molar refractivity (Wildman–Crippen MR) is 75.7 cm³/mol. The summed E-state index contributed by atoms with van der Waals surface area (Å²) < 4.78 is 15.4. The van der Waals surface area contributed by atoms with Gasteiger partial charge in [0.1, 0.15) is 17.2 Å². The van der Waals surface area contributed by atoms with Crippen molar-refractivity contribution in [3.63, 3.8) is 0 Å². The van der Waals surface area contributed by atoms with Gasteiger partial charge in [0.05, 0.1) is 31.4 Å². The van der Waals surface area contributed by atoms with Crippen molar-refractivity contribution in [2.45, 2.75) is 0 Å². The van der Waals surface area contributed by atoms with Crippen molar-refractivity contribution < 1.29 is 19.0 Å². The second-order valence-corrected chi connectivity index (χ2v) is 4.13. The van der Waals surface area contributed by atoms with Crippen LogP contribution in [0.1, 0.15) is 15.9 Å². The minimum absolute atomic E-state index is 0.315. The molecule has 5 nitrogen and oxygen atoms in total. The molecule has 0 aliphatic carbocycles. The Hall–Kier alpha value is -3.00. The summed E-state index contributed by atoms with van der Waals surface area (Å²) in [6, 6.07) is 13.1. The van der Waals surface area contributed by atoms with E-state index in [1.807, 2.05) is 6.07 Å². The number of nitriles is 1. The largest absolute Gasteiger partial charge is 0.497 e. The van der Waals surface area contributed by atoms with Crippen LogP contribution in [-0.2, 0) is 0 Å². The van der Waals surface area contributed by atoms with Gasteiger partial charge in [0.25, 0.3) is 0 Å². The Bertz CT molecular complexity index is 664. The Morgan fingerprint density at radius 2 is 1.52 bits per heavy atom. The minimum Gasteiger partial charge on any atom is -0.497 e. The lowest BCUT2D eigenvalue weighted by Gasteiger charge is -2.08. The highest BCUT2D eigenvalue weighted by atomic mass is 16.5. The molecule has 0 aliphatic rings. The average Bonchev–Trinajstić information content (AvgIpc) is 2.54. The molecular weight excluding hydrogens is 270 g/mol. The summed E-state index contributed by atoms with van der Waals surface area (Å²) in [5.74, 6) is 0.833. The number of methoxy groups -OCH3 is 2. The molecule has 0 spiro atoms. The zero-order chi connectivity index (χ0) is 15.2. The Morgan fingerprint density at radius 1 is 0.952 bits per heavy atom. The second-order valence-electron chi connectivity index (χ2n) is 4.13. The molecule has 0 aromatic heterocycles. The Kier molecular flexibility index (Phi) is 4.42. The molecule has 0 saturated heterocycles. The number of carbonyl (C=O) groups is 1. The number of nitrogens with zero attached hydrogens (tertiary/aromatic N) is 1. The van der Waals surface area contributed by atoms with Crippen LogP contribution in [0, 0.1) is 11.3 Å². The van der Waals surface area contributed by atoms with Gasteiger partial charge in [0.2, 0.25) is 0 Å². The van der Waals surface area contributed by atoms with Crippen molar-refractivity contribution in [2.24, 2.45) is 0 Å². The van der Waals surface area contributed by atoms with Crippen molar-refractivity contribution in [1.29, 1.82) is 5.26 Å². The number of rotatable bonds is 4. The third-order valence-corrected chi connectivity index (χ3v) is 2.78. The molecule has 0 atom stereocenters. The molecule has 2 aromatic rings. The molecule has 0 saturated carbocycles. The maximum absolute atomic E-state index is 12.1. The molecule has 2 aromatic carbocycles. The first-order valence-corrected chi connectivity index (χ1v) is 6.11. The molecule has 0 fully saturated rings. The van der Waals surface area contributed by atoms with Crippen molar-refractivity contribution in [3.8, 4) is 23.3 Å². The summed E-state index contributed by atoms with van der Waals surface area (Å²) in [5.41, 5.74) is 0.813. The monoisotopic (exact) mass is 283 g/mol. The summed E-state index contributed by atoms with van der Waals surface area (Å²) in [6.45, 7) is 0. The number of hydrogen-bond acceptors (Lipinski definition) is 5.